The van der Waals surface area contributed by atoms with E-state index in [2.05, 4.69) is 4.98 Å². The van der Waals surface area contributed by atoms with Crippen LogP contribution < -0.4 is 0 Å². The van der Waals surface area contributed by atoms with Crippen molar-refractivity contribution in [3.05, 3.63) is 29.6 Å². The molecule has 18 heavy (non-hydrogen) atoms. The molecule has 1 aliphatic rings. The Balaban J connectivity index is 2.42. The fourth-order valence-electron chi connectivity index (χ4n) is 2.53. The van der Waals surface area contributed by atoms with Gasteiger partial charge in [0.25, 0.3) is 0 Å². The Morgan fingerprint density at radius 3 is 2.50 bits per heavy atom. The number of hydrogen-bond acceptors (Lipinski definition) is 2. The molecule has 0 spiro atoms. The van der Waals surface area contributed by atoms with Gasteiger partial charge in [0.2, 0.25) is 0 Å². The first kappa shape index (κ1) is 13.1. The predicted octanol–water partition coefficient (Wildman–Crippen LogP) is 3.86. The lowest BCUT2D eigenvalue weighted by Crippen LogP contribution is -2.27. The van der Waals surface area contributed by atoms with Gasteiger partial charge < -0.3 is 0 Å². The average Bonchev–Trinajstić information content (AvgIpc) is 2.75. The van der Waals surface area contributed by atoms with Crippen molar-refractivity contribution in [2.24, 2.45) is 5.41 Å². The van der Waals surface area contributed by atoms with Gasteiger partial charge in [-0.3, -0.25) is 9.78 Å². The molecule has 0 atom stereocenters. The van der Waals surface area contributed by atoms with Crippen molar-refractivity contribution in [1.29, 1.82) is 0 Å². The summed E-state index contributed by atoms with van der Waals surface area (Å²) in [5.41, 5.74) is -1.84. The van der Waals surface area contributed by atoms with Crippen LogP contribution in [0, 0.1) is 5.41 Å². The van der Waals surface area contributed by atoms with Gasteiger partial charge in [-0.25, -0.2) is 0 Å². The van der Waals surface area contributed by atoms with E-state index in [4.69, 9.17) is 0 Å². The minimum Gasteiger partial charge on any atom is -0.293 e. The Labute approximate surface area is 103 Å². The highest BCUT2D eigenvalue weighted by Gasteiger charge is 2.42. The summed E-state index contributed by atoms with van der Waals surface area (Å²) in [6.07, 6.45) is 0.679. The van der Waals surface area contributed by atoms with Crippen molar-refractivity contribution in [3.63, 3.8) is 0 Å². The number of carbonyl (C=O) groups excluding carboxylic acids is 1. The Hall–Kier alpha value is -1.39. The topological polar surface area (TPSA) is 30.0 Å². The molecule has 1 heterocycles. The molecular formula is C13H14F3NO. The highest BCUT2D eigenvalue weighted by Crippen LogP contribution is 2.42. The van der Waals surface area contributed by atoms with Gasteiger partial charge in [-0.15, -0.1) is 0 Å². The maximum absolute atomic E-state index is 12.8. The molecule has 5 heteroatoms. The Kier molecular flexibility index (Phi) is 3.17. The molecule has 1 aliphatic carbocycles. The second-order valence-electron chi connectivity index (χ2n) is 5.02. The van der Waals surface area contributed by atoms with Crippen LogP contribution in [0.5, 0.6) is 0 Å². The summed E-state index contributed by atoms with van der Waals surface area (Å²) in [5.74, 6) is -0.430. The molecule has 1 aromatic heterocycles. The number of carbonyl (C=O) groups is 1. The number of aromatic nitrogens is 1. The third-order valence-electron chi connectivity index (χ3n) is 3.63. The summed E-state index contributed by atoms with van der Waals surface area (Å²) in [5, 5.41) is 0. The fraction of sp³-hybridized carbons (Fsp3) is 0.538. The number of nitrogens with zero attached hydrogens (tertiary/aromatic N) is 1. The highest BCUT2D eigenvalue weighted by molar-refractivity contribution is 6.01. The van der Waals surface area contributed by atoms with Crippen molar-refractivity contribution < 1.29 is 18.0 Å². The van der Waals surface area contributed by atoms with Gasteiger partial charge in [0.1, 0.15) is 0 Å². The minimum atomic E-state index is -4.51. The molecule has 1 saturated carbocycles. The van der Waals surface area contributed by atoms with E-state index in [-0.39, 0.29) is 5.56 Å². The van der Waals surface area contributed by atoms with E-state index in [1.165, 1.54) is 0 Å². The largest absolute Gasteiger partial charge is 0.417 e. The number of pyridine rings is 1. The van der Waals surface area contributed by atoms with E-state index in [0.717, 1.165) is 31.3 Å². The van der Waals surface area contributed by atoms with Crippen molar-refractivity contribution in [2.45, 2.75) is 38.8 Å². The molecule has 2 nitrogen and oxygen atoms in total. The average molecular weight is 257 g/mol. The first-order valence-corrected chi connectivity index (χ1v) is 5.91. The van der Waals surface area contributed by atoms with Crippen LogP contribution in [-0.4, -0.2) is 10.8 Å². The van der Waals surface area contributed by atoms with Crippen LogP contribution in [0.4, 0.5) is 13.2 Å². The number of ketones is 1. The SMILES string of the molecule is CC1(C(=O)c2cnccc2C(F)(F)F)CCCC1. The molecule has 0 saturated heterocycles. The Morgan fingerprint density at radius 2 is 1.94 bits per heavy atom. The van der Waals surface area contributed by atoms with Gasteiger partial charge >= 0.3 is 6.18 Å². The summed E-state index contributed by atoms with van der Waals surface area (Å²) in [6.45, 7) is 1.75. The standard InChI is InChI=1S/C13H14F3NO/c1-12(5-2-3-6-12)11(18)9-8-17-7-4-10(9)13(14,15)16/h4,7-8H,2-3,5-6H2,1H3. The van der Waals surface area contributed by atoms with Gasteiger partial charge in [0.15, 0.2) is 5.78 Å². The zero-order valence-corrected chi connectivity index (χ0v) is 10.0. The van der Waals surface area contributed by atoms with Crippen LogP contribution in [0.2, 0.25) is 0 Å². The van der Waals surface area contributed by atoms with Crippen LogP contribution >= 0.6 is 0 Å². The molecule has 0 aliphatic heterocycles. The van der Waals surface area contributed by atoms with Crippen LogP contribution in [0.15, 0.2) is 18.5 Å². The monoisotopic (exact) mass is 257 g/mol. The predicted molar refractivity (Wildman–Crippen MR) is 60.1 cm³/mol. The molecule has 2 rings (SSSR count). The fourth-order valence-corrected chi connectivity index (χ4v) is 2.53. The first-order chi connectivity index (χ1) is 8.34. The van der Waals surface area contributed by atoms with Gasteiger partial charge in [0.05, 0.1) is 5.56 Å². The maximum atomic E-state index is 12.8. The molecule has 0 N–H and O–H groups in total. The zero-order valence-electron chi connectivity index (χ0n) is 10.0. The summed E-state index contributed by atoms with van der Waals surface area (Å²) >= 11 is 0. The molecular weight excluding hydrogens is 243 g/mol. The summed E-state index contributed by atoms with van der Waals surface area (Å²) in [6, 6.07) is 0.867. The van der Waals surface area contributed by atoms with Crippen LogP contribution in [0.1, 0.15) is 48.5 Å². The highest BCUT2D eigenvalue weighted by atomic mass is 19.4. The van der Waals surface area contributed by atoms with Crippen molar-refractivity contribution in [3.8, 4) is 0 Å². The molecule has 0 aromatic carbocycles. The lowest BCUT2D eigenvalue weighted by Gasteiger charge is -2.23. The quantitative estimate of drug-likeness (QED) is 0.753. The number of rotatable bonds is 2. The number of halogens is 3. The van der Waals surface area contributed by atoms with Crippen LogP contribution in [-0.2, 0) is 6.18 Å². The molecule has 0 bridgehead atoms. The van der Waals surface area contributed by atoms with E-state index < -0.39 is 22.9 Å². The van der Waals surface area contributed by atoms with E-state index >= 15 is 0 Å². The molecule has 1 aromatic rings. The molecule has 0 unspecified atom stereocenters. The van der Waals surface area contributed by atoms with Crippen molar-refractivity contribution in [2.75, 3.05) is 0 Å². The van der Waals surface area contributed by atoms with E-state index in [9.17, 15) is 18.0 Å². The maximum Gasteiger partial charge on any atom is 0.417 e. The summed E-state index contributed by atoms with van der Waals surface area (Å²) in [4.78, 5) is 16.0. The van der Waals surface area contributed by atoms with Crippen molar-refractivity contribution in [1.82, 2.24) is 4.98 Å². The second kappa shape index (κ2) is 4.37. The normalized spacial score (nSPS) is 18.9. The van der Waals surface area contributed by atoms with Gasteiger partial charge in [-0.05, 0) is 18.9 Å². The third-order valence-corrected chi connectivity index (χ3v) is 3.63. The van der Waals surface area contributed by atoms with E-state index in [1.807, 2.05) is 0 Å². The van der Waals surface area contributed by atoms with Crippen LogP contribution in [0.25, 0.3) is 0 Å². The molecule has 1 fully saturated rings. The molecule has 98 valence electrons. The molecule has 0 amide bonds. The Morgan fingerprint density at radius 1 is 1.33 bits per heavy atom. The van der Waals surface area contributed by atoms with E-state index in [1.54, 1.807) is 6.92 Å². The molecule has 0 radical (unpaired) electrons. The van der Waals surface area contributed by atoms with Gasteiger partial charge in [0, 0.05) is 23.4 Å². The zero-order chi connectivity index (χ0) is 13.4. The first-order valence-electron chi connectivity index (χ1n) is 5.91. The number of Topliss-reactive ketones (excluding diaryl/α,β-unsaturated/α-hetero) is 1. The summed E-state index contributed by atoms with van der Waals surface area (Å²) in [7, 11) is 0. The smallest absolute Gasteiger partial charge is 0.293 e. The lowest BCUT2D eigenvalue weighted by molar-refractivity contribution is -0.138. The van der Waals surface area contributed by atoms with Gasteiger partial charge in [-0.2, -0.15) is 13.2 Å². The summed E-state index contributed by atoms with van der Waals surface area (Å²) < 4.78 is 38.5. The van der Waals surface area contributed by atoms with Gasteiger partial charge in [-0.1, -0.05) is 19.8 Å². The minimum absolute atomic E-state index is 0.297. The van der Waals surface area contributed by atoms with E-state index in [0.29, 0.717) is 12.8 Å². The Bertz CT molecular complexity index is 462. The van der Waals surface area contributed by atoms with Crippen molar-refractivity contribution >= 4 is 5.78 Å². The number of alkyl halides is 3. The number of hydrogen-bond donors (Lipinski definition) is 0. The third kappa shape index (κ3) is 2.26. The second-order valence-corrected chi connectivity index (χ2v) is 5.02. The van der Waals surface area contributed by atoms with Crippen LogP contribution in [0.3, 0.4) is 0 Å². The lowest BCUT2D eigenvalue weighted by atomic mass is 9.80.